The Kier molecular flexibility index (Phi) is 6.24. The van der Waals surface area contributed by atoms with Gasteiger partial charge in [0.2, 0.25) is 0 Å². The molecule has 2 aromatic rings. The number of anilines is 1. The fourth-order valence-electron chi connectivity index (χ4n) is 2.32. The van der Waals surface area contributed by atoms with Crippen molar-refractivity contribution >= 4 is 11.6 Å². The summed E-state index contributed by atoms with van der Waals surface area (Å²) in [4.78, 5) is 14.4. The molecule has 128 valence electrons. The molecule has 4 nitrogen and oxygen atoms in total. The molecule has 0 aromatic heterocycles. The van der Waals surface area contributed by atoms with E-state index < -0.39 is 6.10 Å². The molecule has 0 bridgehead atoms. The van der Waals surface area contributed by atoms with Crippen molar-refractivity contribution in [1.29, 1.82) is 0 Å². The van der Waals surface area contributed by atoms with Gasteiger partial charge in [0.25, 0.3) is 5.91 Å². The molecule has 0 aliphatic rings. The van der Waals surface area contributed by atoms with Crippen LogP contribution in [-0.4, -0.2) is 26.1 Å². The van der Waals surface area contributed by atoms with Crippen LogP contribution in [0.15, 0.2) is 48.5 Å². The van der Waals surface area contributed by atoms with E-state index in [4.69, 9.17) is 4.74 Å². The van der Waals surface area contributed by atoms with Gasteiger partial charge in [0.05, 0.1) is 0 Å². The van der Waals surface area contributed by atoms with Gasteiger partial charge in [0.15, 0.2) is 6.10 Å². The number of carbonyl (C=O) groups excluding carboxylic acids is 1. The summed E-state index contributed by atoms with van der Waals surface area (Å²) in [5, 5.41) is 2.95. The van der Waals surface area contributed by atoms with Gasteiger partial charge in [-0.15, -0.1) is 0 Å². The molecule has 1 N–H and O–H groups in total. The zero-order valence-electron chi connectivity index (χ0n) is 14.9. The molecule has 1 amide bonds. The highest BCUT2D eigenvalue weighted by atomic mass is 16.5. The van der Waals surface area contributed by atoms with E-state index in [1.54, 1.807) is 0 Å². The van der Waals surface area contributed by atoms with Crippen LogP contribution in [-0.2, 0) is 11.3 Å². The first-order valence-corrected chi connectivity index (χ1v) is 8.27. The molecule has 0 spiro atoms. The van der Waals surface area contributed by atoms with E-state index in [0.717, 1.165) is 17.0 Å². The van der Waals surface area contributed by atoms with Crippen molar-refractivity contribution in [3.05, 3.63) is 59.7 Å². The van der Waals surface area contributed by atoms with E-state index in [9.17, 15) is 4.79 Å². The quantitative estimate of drug-likeness (QED) is 0.846. The van der Waals surface area contributed by atoms with Gasteiger partial charge in [-0.1, -0.05) is 36.8 Å². The van der Waals surface area contributed by atoms with Gasteiger partial charge in [0.1, 0.15) is 5.75 Å². The molecule has 0 saturated heterocycles. The fourth-order valence-corrected chi connectivity index (χ4v) is 2.32. The number of aryl methyl sites for hydroxylation is 1. The van der Waals surface area contributed by atoms with E-state index in [0.29, 0.717) is 13.0 Å². The zero-order valence-corrected chi connectivity index (χ0v) is 14.9. The number of amides is 1. The van der Waals surface area contributed by atoms with Crippen LogP contribution in [0, 0.1) is 6.92 Å². The largest absolute Gasteiger partial charge is 0.481 e. The summed E-state index contributed by atoms with van der Waals surface area (Å²) in [5.74, 6) is 0.632. The van der Waals surface area contributed by atoms with Crippen molar-refractivity contribution in [1.82, 2.24) is 5.32 Å². The van der Waals surface area contributed by atoms with E-state index in [-0.39, 0.29) is 5.91 Å². The normalized spacial score (nSPS) is 11.7. The van der Waals surface area contributed by atoms with Gasteiger partial charge in [-0.2, -0.15) is 0 Å². The molecule has 24 heavy (non-hydrogen) atoms. The van der Waals surface area contributed by atoms with E-state index in [1.165, 1.54) is 5.56 Å². The second-order valence-corrected chi connectivity index (χ2v) is 6.11. The summed E-state index contributed by atoms with van der Waals surface area (Å²) >= 11 is 0. The lowest BCUT2D eigenvalue weighted by Crippen LogP contribution is -2.37. The van der Waals surface area contributed by atoms with Crippen molar-refractivity contribution in [3.8, 4) is 5.75 Å². The van der Waals surface area contributed by atoms with E-state index >= 15 is 0 Å². The smallest absolute Gasteiger partial charge is 0.261 e. The molecule has 4 heteroatoms. The van der Waals surface area contributed by atoms with Crippen LogP contribution in [0.2, 0.25) is 0 Å². The molecule has 0 saturated carbocycles. The minimum absolute atomic E-state index is 0.0882. The van der Waals surface area contributed by atoms with Crippen molar-refractivity contribution < 1.29 is 9.53 Å². The maximum absolute atomic E-state index is 12.3. The first-order valence-electron chi connectivity index (χ1n) is 8.27. The van der Waals surface area contributed by atoms with E-state index in [2.05, 4.69) is 5.32 Å². The maximum atomic E-state index is 12.3. The summed E-state index contributed by atoms with van der Waals surface area (Å²) in [5.41, 5.74) is 3.37. The predicted octanol–water partition coefficient (Wildman–Crippen LogP) is 3.53. The first kappa shape index (κ1) is 17.9. The summed E-state index contributed by atoms with van der Waals surface area (Å²) in [7, 11) is 4.01. The molecular formula is C20H26N2O2. The Balaban J connectivity index is 1.90. The predicted molar refractivity (Wildman–Crippen MR) is 98.5 cm³/mol. The number of carbonyl (C=O) groups is 1. The summed E-state index contributed by atoms with van der Waals surface area (Å²) in [6.45, 7) is 4.47. The van der Waals surface area contributed by atoms with Gasteiger partial charge in [-0.25, -0.2) is 0 Å². The number of hydrogen-bond acceptors (Lipinski definition) is 3. The third kappa shape index (κ3) is 5.01. The second kappa shape index (κ2) is 8.39. The van der Waals surface area contributed by atoms with Crippen molar-refractivity contribution in [3.63, 3.8) is 0 Å². The highest BCUT2D eigenvalue weighted by molar-refractivity contribution is 5.81. The second-order valence-electron chi connectivity index (χ2n) is 6.11. The van der Waals surface area contributed by atoms with E-state index in [1.807, 2.05) is 81.4 Å². The van der Waals surface area contributed by atoms with Crippen molar-refractivity contribution in [2.24, 2.45) is 0 Å². The summed E-state index contributed by atoms with van der Waals surface area (Å²) in [6.07, 6.45) is 0.146. The number of rotatable bonds is 7. The Morgan fingerprint density at radius 2 is 1.71 bits per heavy atom. The molecule has 0 fully saturated rings. The Labute approximate surface area is 144 Å². The zero-order chi connectivity index (χ0) is 17.5. The molecule has 0 heterocycles. The lowest BCUT2D eigenvalue weighted by Gasteiger charge is -2.18. The van der Waals surface area contributed by atoms with Gasteiger partial charge in [-0.3, -0.25) is 4.79 Å². The Morgan fingerprint density at radius 1 is 1.08 bits per heavy atom. The van der Waals surface area contributed by atoms with Crippen molar-refractivity contribution in [2.45, 2.75) is 32.9 Å². The highest BCUT2D eigenvalue weighted by Gasteiger charge is 2.17. The topological polar surface area (TPSA) is 41.6 Å². The standard InChI is InChI=1S/C20H26N2O2/c1-5-19(24-18-12-6-15(2)7-13-18)20(23)21-14-16-8-10-17(11-9-16)22(3)4/h6-13,19H,5,14H2,1-4H3,(H,21,23). The number of benzene rings is 2. The average Bonchev–Trinajstić information content (AvgIpc) is 2.59. The monoisotopic (exact) mass is 326 g/mol. The van der Waals surface area contributed by atoms with Crippen LogP contribution in [0.5, 0.6) is 5.75 Å². The Morgan fingerprint density at radius 3 is 2.25 bits per heavy atom. The Bertz CT molecular complexity index is 648. The van der Waals surface area contributed by atoms with Crippen LogP contribution >= 0.6 is 0 Å². The lowest BCUT2D eigenvalue weighted by atomic mass is 10.2. The molecule has 0 aliphatic heterocycles. The maximum Gasteiger partial charge on any atom is 0.261 e. The van der Waals surface area contributed by atoms with Crippen LogP contribution in [0.1, 0.15) is 24.5 Å². The minimum Gasteiger partial charge on any atom is -0.481 e. The highest BCUT2D eigenvalue weighted by Crippen LogP contribution is 2.15. The van der Waals surface area contributed by atoms with Crippen LogP contribution in [0.4, 0.5) is 5.69 Å². The number of ether oxygens (including phenoxy) is 1. The third-order valence-corrected chi connectivity index (χ3v) is 3.88. The molecule has 1 unspecified atom stereocenters. The molecule has 0 aliphatic carbocycles. The number of hydrogen-bond donors (Lipinski definition) is 1. The SMILES string of the molecule is CCC(Oc1ccc(C)cc1)C(=O)NCc1ccc(N(C)C)cc1. The number of nitrogens with zero attached hydrogens (tertiary/aromatic N) is 1. The van der Waals surface area contributed by atoms with Crippen LogP contribution in [0.3, 0.4) is 0 Å². The number of nitrogens with one attached hydrogen (secondary N) is 1. The van der Waals surface area contributed by atoms with Gasteiger partial charge < -0.3 is 15.0 Å². The first-order chi connectivity index (χ1) is 11.5. The van der Waals surface area contributed by atoms with Gasteiger partial charge >= 0.3 is 0 Å². The van der Waals surface area contributed by atoms with Gasteiger partial charge in [0, 0.05) is 26.3 Å². The lowest BCUT2D eigenvalue weighted by molar-refractivity contribution is -0.128. The molecule has 1 atom stereocenters. The summed E-state index contributed by atoms with van der Waals surface area (Å²) in [6, 6.07) is 15.9. The molecule has 2 rings (SSSR count). The molecule has 0 radical (unpaired) electrons. The minimum atomic E-state index is -0.478. The van der Waals surface area contributed by atoms with Crippen LogP contribution < -0.4 is 15.0 Å². The van der Waals surface area contributed by atoms with Crippen LogP contribution in [0.25, 0.3) is 0 Å². The summed E-state index contributed by atoms with van der Waals surface area (Å²) < 4.78 is 5.80. The molecular weight excluding hydrogens is 300 g/mol. The molecule has 2 aromatic carbocycles. The third-order valence-electron chi connectivity index (χ3n) is 3.88. The average molecular weight is 326 g/mol. The fraction of sp³-hybridized carbons (Fsp3) is 0.350. The van der Waals surface area contributed by atoms with Gasteiger partial charge in [-0.05, 0) is 43.2 Å². The van der Waals surface area contributed by atoms with Crippen molar-refractivity contribution in [2.75, 3.05) is 19.0 Å². The Hall–Kier alpha value is -2.49.